The fourth-order valence-corrected chi connectivity index (χ4v) is 1.18. The van der Waals surface area contributed by atoms with Crippen molar-refractivity contribution in [1.82, 2.24) is 10.4 Å². The molecule has 72 valence electrons. The fourth-order valence-electron chi connectivity index (χ4n) is 1.18. The monoisotopic (exact) mass is 184 g/mol. The van der Waals surface area contributed by atoms with Crippen LogP contribution in [-0.2, 0) is 9.59 Å². The van der Waals surface area contributed by atoms with Gasteiger partial charge < -0.3 is 4.90 Å². The van der Waals surface area contributed by atoms with Crippen molar-refractivity contribution in [3.63, 3.8) is 0 Å². The van der Waals surface area contributed by atoms with Gasteiger partial charge in [0.2, 0.25) is 11.8 Å². The van der Waals surface area contributed by atoms with Gasteiger partial charge in [0.1, 0.15) is 0 Å². The highest BCUT2D eigenvalue weighted by Gasteiger charge is 2.20. The smallest absolute Gasteiger partial charge is 0.249 e. The second-order valence-corrected chi connectivity index (χ2v) is 2.95. The average molecular weight is 184 g/mol. The molecule has 1 aliphatic rings. The summed E-state index contributed by atoms with van der Waals surface area (Å²) in [6.07, 6.45) is 2.32. The second-order valence-electron chi connectivity index (χ2n) is 2.95. The molecule has 0 radical (unpaired) electrons. The Balaban J connectivity index is 2.39. The maximum absolute atomic E-state index is 11.3. The zero-order chi connectivity index (χ0) is 9.84. The topological polar surface area (TPSA) is 69.6 Å². The van der Waals surface area contributed by atoms with Crippen molar-refractivity contribution in [2.75, 3.05) is 13.6 Å². The van der Waals surface area contributed by atoms with Gasteiger partial charge in [-0.15, -0.1) is 0 Å². The molecule has 0 saturated carbocycles. The number of rotatable bonds is 3. The Kier molecular flexibility index (Phi) is 3.02. The van der Waals surface area contributed by atoms with Gasteiger partial charge in [-0.3, -0.25) is 14.8 Å². The molecule has 13 heavy (non-hydrogen) atoms. The first-order chi connectivity index (χ1) is 6.15. The van der Waals surface area contributed by atoms with E-state index in [-0.39, 0.29) is 12.3 Å². The largest absolute Gasteiger partial charge is 0.338 e. The maximum Gasteiger partial charge on any atom is 0.249 e. The molecule has 0 fully saturated rings. The summed E-state index contributed by atoms with van der Waals surface area (Å²) in [5, 5.41) is 8.21. The molecule has 0 aromatic carbocycles. The molecule has 0 unspecified atom stereocenters. The van der Waals surface area contributed by atoms with Gasteiger partial charge in [-0.2, -0.15) is 0 Å². The van der Waals surface area contributed by atoms with Crippen LogP contribution in [0.5, 0.6) is 0 Å². The summed E-state index contributed by atoms with van der Waals surface area (Å²) < 4.78 is 0. The van der Waals surface area contributed by atoms with Crippen molar-refractivity contribution in [3.8, 4) is 0 Å². The molecule has 0 aromatic rings. The van der Waals surface area contributed by atoms with Gasteiger partial charge in [0.25, 0.3) is 0 Å². The Morgan fingerprint density at radius 1 is 1.77 bits per heavy atom. The number of hydrogen-bond acceptors (Lipinski definition) is 3. The van der Waals surface area contributed by atoms with Gasteiger partial charge in [-0.1, -0.05) is 6.08 Å². The Hall–Kier alpha value is -1.36. The average Bonchev–Trinajstić information content (AvgIpc) is 2.44. The molecule has 2 N–H and O–H groups in total. The van der Waals surface area contributed by atoms with Crippen LogP contribution in [0.1, 0.15) is 12.8 Å². The normalized spacial score (nSPS) is 16.0. The van der Waals surface area contributed by atoms with Crippen LogP contribution in [0.25, 0.3) is 0 Å². The standard InChI is InChI=1S/C8H12N2O3/c1-10-5-4-6(8(10)12)2-3-7(11)9-13/h4,13H,2-3,5H2,1H3,(H,9,11). The molecule has 0 spiro atoms. The zero-order valence-electron chi connectivity index (χ0n) is 7.41. The lowest BCUT2D eigenvalue weighted by Gasteiger charge is -2.07. The van der Waals surface area contributed by atoms with E-state index in [2.05, 4.69) is 0 Å². The first-order valence-electron chi connectivity index (χ1n) is 4.02. The van der Waals surface area contributed by atoms with Crippen LogP contribution in [0.2, 0.25) is 0 Å². The zero-order valence-corrected chi connectivity index (χ0v) is 7.41. The predicted octanol–water partition coefficient (Wildman–Crippen LogP) is -0.330. The van der Waals surface area contributed by atoms with E-state index in [0.717, 1.165) is 0 Å². The first-order valence-corrected chi connectivity index (χ1v) is 4.02. The van der Waals surface area contributed by atoms with Gasteiger partial charge in [0.05, 0.1) is 0 Å². The highest BCUT2D eigenvalue weighted by molar-refractivity contribution is 5.96. The van der Waals surface area contributed by atoms with Crippen LogP contribution in [0, 0.1) is 0 Å². The molecule has 5 nitrogen and oxygen atoms in total. The van der Waals surface area contributed by atoms with E-state index in [0.29, 0.717) is 18.5 Å². The van der Waals surface area contributed by atoms with E-state index in [1.165, 1.54) is 5.48 Å². The van der Waals surface area contributed by atoms with E-state index in [1.807, 2.05) is 0 Å². The summed E-state index contributed by atoms with van der Waals surface area (Å²) in [4.78, 5) is 23.5. The third-order valence-corrected chi connectivity index (χ3v) is 1.98. The molecule has 0 atom stereocenters. The number of hydroxylamine groups is 1. The van der Waals surface area contributed by atoms with Crippen LogP contribution < -0.4 is 5.48 Å². The number of nitrogens with one attached hydrogen (secondary N) is 1. The summed E-state index contributed by atoms with van der Waals surface area (Å²) in [6.45, 7) is 0.606. The van der Waals surface area contributed by atoms with Crippen molar-refractivity contribution in [1.29, 1.82) is 0 Å². The van der Waals surface area contributed by atoms with Crippen LogP contribution in [0.3, 0.4) is 0 Å². The number of carbonyl (C=O) groups is 2. The van der Waals surface area contributed by atoms with E-state index < -0.39 is 5.91 Å². The Labute approximate surface area is 76.0 Å². The number of carbonyl (C=O) groups excluding carboxylic acids is 2. The Morgan fingerprint density at radius 2 is 2.46 bits per heavy atom. The quantitative estimate of drug-likeness (QED) is 0.466. The highest BCUT2D eigenvalue weighted by Crippen LogP contribution is 2.14. The molecule has 1 heterocycles. The van der Waals surface area contributed by atoms with Gasteiger partial charge in [-0.25, -0.2) is 5.48 Å². The van der Waals surface area contributed by atoms with E-state index in [9.17, 15) is 9.59 Å². The van der Waals surface area contributed by atoms with Crippen molar-refractivity contribution in [3.05, 3.63) is 11.6 Å². The van der Waals surface area contributed by atoms with Gasteiger partial charge >= 0.3 is 0 Å². The van der Waals surface area contributed by atoms with Crippen LogP contribution >= 0.6 is 0 Å². The lowest BCUT2D eigenvalue weighted by atomic mass is 10.1. The molecule has 1 aliphatic heterocycles. The fraction of sp³-hybridized carbons (Fsp3) is 0.500. The van der Waals surface area contributed by atoms with Crippen LogP contribution in [0.4, 0.5) is 0 Å². The van der Waals surface area contributed by atoms with Gasteiger partial charge in [0, 0.05) is 25.6 Å². The van der Waals surface area contributed by atoms with Crippen molar-refractivity contribution in [2.45, 2.75) is 12.8 Å². The van der Waals surface area contributed by atoms with Crippen molar-refractivity contribution < 1.29 is 14.8 Å². The molecule has 0 aromatic heterocycles. The minimum Gasteiger partial charge on any atom is -0.338 e. The molecule has 1 rings (SSSR count). The number of likely N-dealkylation sites (N-methyl/N-ethyl adjacent to an activating group) is 1. The Bertz CT molecular complexity index is 260. The van der Waals surface area contributed by atoms with E-state index in [1.54, 1.807) is 18.0 Å². The van der Waals surface area contributed by atoms with Crippen molar-refractivity contribution >= 4 is 11.8 Å². The molecular weight excluding hydrogens is 172 g/mol. The molecule has 2 amide bonds. The van der Waals surface area contributed by atoms with Gasteiger partial charge in [-0.05, 0) is 6.42 Å². The summed E-state index contributed by atoms with van der Waals surface area (Å²) in [5.74, 6) is -0.506. The second kappa shape index (κ2) is 4.04. The lowest BCUT2D eigenvalue weighted by Crippen LogP contribution is -2.23. The number of amides is 2. The predicted molar refractivity (Wildman–Crippen MR) is 44.9 cm³/mol. The molecule has 0 aliphatic carbocycles. The number of nitrogens with zero attached hydrogens (tertiary/aromatic N) is 1. The van der Waals surface area contributed by atoms with Gasteiger partial charge in [0.15, 0.2) is 0 Å². The summed E-state index contributed by atoms with van der Waals surface area (Å²) >= 11 is 0. The van der Waals surface area contributed by atoms with E-state index in [4.69, 9.17) is 5.21 Å². The highest BCUT2D eigenvalue weighted by atomic mass is 16.5. The summed E-state index contributed by atoms with van der Waals surface area (Å²) in [6, 6.07) is 0. The van der Waals surface area contributed by atoms with Crippen LogP contribution in [-0.4, -0.2) is 35.5 Å². The SMILES string of the molecule is CN1CC=C(CCC(=O)NO)C1=O. The third-order valence-electron chi connectivity index (χ3n) is 1.98. The summed E-state index contributed by atoms with van der Waals surface area (Å²) in [7, 11) is 1.71. The number of hydrogen-bond donors (Lipinski definition) is 2. The van der Waals surface area contributed by atoms with Crippen molar-refractivity contribution in [2.24, 2.45) is 0 Å². The lowest BCUT2D eigenvalue weighted by molar-refractivity contribution is -0.129. The molecular formula is C8H12N2O3. The minimum atomic E-state index is -0.469. The molecule has 0 bridgehead atoms. The minimum absolute atomic E-state index is 0.0364. The third kappa shape index (κ3) is 2.29. The maximum atomic E-state index is 11.3. The van der Waals surface area contributed by atoms with E-state index >= 15 is 0 Å². The first kappa shape index (κ1) is 9.73. The van der Waals surface area contributed by atoms with Crippen LogP contribution in [0.15, 0.2) is 11.6 Å². The molecule has 5 heteroatoms. The Morgan fingerprint density at radius 3 is 2.92 bits per heavy atom. The molecule has 0 saturated heterocycles. The summed E-state index contributed by atoms with van der Waals surface area (Å²) in [5.41, 5.74) is 2.17.